The Morgan fingerprint density at radius 1 is 1.25 bits per heavy atom. The molecule has 16 heavy (non-hydrogen) atoms. The molecule has 92 valence electrons. The average molecular weight is 239 g/mol. The zero-order valence-corrected chi connectivity index (χ0v) is 11.6. The van der Waals surface area contributed by atoms with Crippen molar-refractivity contribution in [1.29, 1.82) is 0 Å². The van der Waals surface area contributed by atoms with Crippen molar-refractivity contribution >= 4 is 11.3 Å². The maximum atomic E-state index is 5.91. The number of rotatable bonds is 7. The fourth-order valence-corrected chi connectivity index (χ4v) is 3.08. The lowest BCUT2D eigenvalue weighted by atomic mass is 10.1. The molecule has 0 aliphatic carbocycles. The smallest absolute Gasteiger partial charge is 0.00507 e. The highest BCUT2D eigenvalue weighted by Crippen LogP contribution is 2.21. The number of hydrogen-bond donors (Lipinski definition) is 1. The van der Waals surface area contributed by atoms with E-state index in [1.165, 1.54) is 29.0 Å². The van der Waals surface area contributed by atoms with E-state index < -0.39 is 0 Å². The largest absolute Gasteiger partial charge is 0.328 e. The van der Waals surface area contributed by atoms with E-state index in [0.717, 1.165) is 18.8 Å². The van der Waals surface area contributed by atoms with Gasteiger partial charge in [0.2, 0.25) is 0 Å². The molecule has 1 unspecified atom stereocenters. The highest BCUT2D eigenvalue weighted by Gasteiger charge is 2.04. The highest BCUT2D eigenvalue weighted by atomic mass is 32.1. The lowest BCUT2D eigenvalue weighted by molar-refractivity contribution is 0.570. The monoisotopic (exact) mass is 239 g/mol. The number of hydrogen-bond acceptors (Lipinski definition) is 2. The Bertz CT molecular complexity index is 291. The maximum Gasteiger partial charge on any atom is 0.00507 e. The molecule has 0 saturated heterocycles. The maximum absolute atomic E-state index is 5.91. The summed E-state index contributed by atoms with van der Waals surface area (Å²) in [5.74, 6) is 0.764. The molecule has 2 heteroatoms. The summed E-state index contributed by atoms with van der Waals surface area (Å²) < 4.78 is 0. The van der Waals surface area contributed by atoms with Crippen LogP contribution in [0.15, 0.2) is 12.1 Å². The molecule has 1 nitrogen and oxygen atoms in total. The van der Waals surface area contributed by atoms with Gasteiger partial charge in [0.15, 0.2) is 0 Å². The van der Waals surface area contributed by atoms with E-state index in [4.69, 9.17) is 5.73 Å². The topological polar surface area (TPSA) is 26.0 Å². The summed E-state index contributed by atoms with van der Waals surface area (Å²) in [6.07, 6.45) is 5.92. The molecule has 1 heterocycles. The van der Waals surface area contributed by atoms with Crippen LogP contribution in [0.25, 0.3) is 0 Å². The normalized spacial score (nSPS) is 13.3. The van der Waals surface area contributed by atoms with Crippen molar-refractivity contribution in [3.05, 3.63) is 21.9 Å². The minimum absolute atomic E-state index is 0.398. The molecular formula is C14H25NS. The fraction of sp³-hybridized carbons (Fsp3) is 0.714. The second-order valence-electron chi connectivity index (χ2n) is 5.03. The van der Waals surface area contributed by atoms with Gasteiger partial charge in [-0.1, -0.05) is 20.8 Å². The molecule has 1 rings (SSSR count). The van der Waals surface area contributed by atoms with Gasteiger partial charge in [0, 0.05) is 15.8 Å². The molecule has 0 saturated carbocycles. The first kappa shape index (κ1) is 13.7. The molecule has 1 aromatic heterocycles. The molecule has 0 aliphatic rings. The van der Waals surface area contributed by atoms with E-state index in [9.17, 15) is 0 Å². The molecule has 0 bridgehead atoms. The van der Waals surface area contributed by atoms with E-state index in [1.807, 2.05) is 11.3 Å². The fourth-order valence-electron chi connectivity index (χ4n) is 1.81. The van der Waals surface area contributed by atoms with Gasteiger partial charge >= 0.3 is 0 Å². The van der Waals surface area contributed by atoms with Gasteiger partial charge in [0.25, 0.3) is 0 Å². The van der Waals surface area contributed by atoms with Gasteiger partial charge in [-0.05, 0) is 50.2 Å². The first-order valence-electron chi connectivity index (χ1n) is 6.45. The predicted molar refractivity (Wildman–Crippen MR) is 74.1 cm³/mol. The second-order valence-corrected chi connectivity index (χ2v) is 6.28. The van der Waals surface area contributed by atoms with Crippen molar-refractivity contribution in [3.8, 4) is 0 Å². The van der Waals surface area contributed by atoms with Gasteiger partial charge in [-0.2, -0.15) is 0 Å². The highest BCUT2D eigenvalue weighted by molar-refractivity contribution is 7.11. The van der Waals surface area contributed by atoms with E-state index in [2.05, 4.69) is 32.9 Å². The zero-order chi connectivity index (χ0) is 12.0. The Hall–Kier alpha value is -0.340. The molecule has 2 N–H and O–H groups in total. The van der Waals surface area contributed by atoms with Crippen molar-refractivity contribution in [1.82, 2.24) is 0 Å². The first-order chi connectivity index (χ1) is 7.61. The van der Waals surface area contributed by atoms with Gasteiger partial charge in [-0.15, -0.1) is 11.3 Å². The molecule has 0 spiro atoms. The third-order valence-electron chi connectivity index (χ3n) is 2.85. The van der Waals surface area contributed by atoms with Gasteiger partial charge in [0.05, 0.1) is 0 Å². The summed E-state index contributed by atoms with van der Waals surface area (Å²) in [7, 11) is 0. The molecule has 0 amide bonds. The Balaban J connectivity index is 2.29. The molecule has 1 aromatic rings. The van der Waals surface area contributed by atoms with Crippen molar-refractivity contribution < 1.29 is 0 Å². The average Bonchev–Trinajstić information content (AvgIpc) is 2.64. The summed E-state index contributed by atoms with van der Waals surface area (Å²) in [6, 6.07) is 4.98. The van der Waals surface area contributed by atoms with Crippen molar-refractivity contribution in [2.45, 2.75) is 58.9 Å². The molecular weight excluding hydrogens is 214 g/mol. The second kappa shape index (κ2) is 7.08. The van der Waals surface area contributed by atoms with Crippen LogP contribution in [0.2, 0.25) is 0 Å². The lowest BCUT2D eigenvalue weighted by Gasteiger charge is -2.06. The summed E-state index contributed by atoms with van der Waals surface area (Å²) in [5.41, 5.74) is 5.91. The van der Waals surface area contributed by atoms with Crippen molar-refractivity contribution in [3.63, 3.8) is 0 Å². The van der Waals surface area contributed by atoms with Crippen LogP contribution >= 0.6 is 11.3 Å². The van der Waals surface area contributed by atoms with Gasteiger partial charge in [-0.3, -0.25) is 0 Å². The van der Waals surface area contributed by atoms with E-state index in [0.29, 0.717) is 6.04 Å². The Morgan fingerprint density at radius 2 is 1.94 bits per heavy atom. The van der Waals surface area contributed by atoms with Crippen molar-refractivity contribution in [2.75, 3.05) is 0 Å². The zero-order valence-electron chi connectivity index (χ0n) is 10.8. The minimum atomic E-state index is 0.398. The Labute approximate surface area is 104 Å². The number of aryl methyl sites for hydroxylation is 1. The van der Waals surface area contributed by atoms with Gasteiger partial charge in [0.1, 0.15) is 0 Å². The Morgan fingerprint density at radius 3 is 2.56 bits per heavy atom. The SMILES string of the molecule is CCC(N)CCCc1ccc(CC(C)C)s1. The summed E-state index contributed by atoms with van der Waals surface area (Å²) in [6.45, 7) is 6.72. The standard InChI is InChI=1S/C14H25NS/c1-4-12(15)6-5-7-13-8-9-14(16-13)10-11(2)3/h8-9,11-12H,4-7,10,15H2,1-3H3. The number of thiophene rings is 1. The quantitative estimate of drug-likeness (QED) is 0.764. The molecule has 0 radical (unpaired) electrons. The molecule has 1 atom stereocenters. The Kier molecular flexibility index (Phi) is 6.07. The number of nitrogens with two attached hydrogens (primary N) is 1. The van der Waals surface area contributed by atoms with Crippen LogP contribution < -0.4 is 5.73 Å². The van der Waals surface area contributed by atoms with Crippen LogP contribution in [0.1, 0.15) is 49.8 Å². The van der Waals surface area contributed by atoms with Gasteiger partial charge in [-0.25, -0.2) is 0 Å². The summed E-state index contributed by atoms with van der Waals surface area (Å²) >= 11 is 1.98. The van der Waals surface area contributed by atoms with Crippen LogP contribution in [0.3, 0.4) is 0 Å². The van der Waals surface area contributed by atoms with Crippen LogP contribution in [0, 0.1) is 5.92 Å². The predicted octanol–water partition coefficient (Wildman–Crippen LogP) is 4.01. The van der Waals surface area contributed by atoms with Crippen molar-refractivity contribution in [2.24, 2.45) is 11.7 Å². The molecule has 0 fully saturated rings. The van der Waals surface area contributed by atoms with Gasteiger partial charge < -0.3 is 5.73 Å². The third kappa shape index (κ3) is 5.13. The third-order valence-corrected chi connectivity index (χ3v) is 4.02. The van der Waals surface area contributed by atoms with E-state index in [-0.39, 0.29) is 0 Å². The lowest BCUT2D eigenvalue weighted by Crippen LogP contribution is -2.18. The van der Waals surface area contributed by atoms with Crippen LogP contribution in [-0.2, 0) is 12.8 Å². The van der Waals surface area contributed by atoms with Crippen LogP contribution in [0.4, 0.5) is 0 Å². The molecule has 0 aromatic carbocycles. The summed E-state index contributed by atoms with van der Waals surface area (Å²) in [5, 5.41) is 0. The van der Waals surface area contributed by atoms with Crippen LogP contribution in [0.5, 0.6) is 0 Å². The minimum Gasteiger partial charge on any atom is -0.328 e. The van der Waals surface area contributed by atoms with E-state index in [1.54, 1.807) is 0 Å². The van der Waals surface area contributed by atoms with E-state index >= 15 is 0 Å². The van der Waals surface area contributed by atoms with Crippen LogP contribution in [-0.4, -0.2) is 6.04 Å². The molecule has 0 aliphatic heterocycles. The first-order valence-corrected chi connectivity index (χ1v) is 7.26. The summed E-state index contributed by atoms with van der Waals surface area (Å²) in [4.78, 5) is 3.06.